The van der Waals surface area contributed by atoms with Crippen molar-refractivity contribution in [3.05, 3.63) is 77.4 Å². The zero-order valence-electron chi connectivity index (χ0n) is 19.6. The molecule has 1 N–H and O–H groups in total. The monoisotopic (exact) mass is 542 g/mol. The highest BCUT2D eigenvalue weighted by Crippen LogP contribution is 2.35. The number of anilines is 1. The van der Waals surface area contributed by atoms with Crippen LogP contribution >= 0.6 is 0 Å². The Morgan fingerprint density at radius 1 is 0.973 bits per heavy atom. The second-order valence-corrected chi connectivity index (χ2v) is 12.2. The van der Waals surface area contributed by atoms with Crippen LogP contribution in [0.2, 0.25) is 0 Å². The van der Waals surface area contributed by atoms with Crippen LogP contribution in [0.5, 0.6) is 5.75 Å². The van der Waals surface area contributed by atoms with E-state index in [1.807, 2.05) is 0 Å². The van der Waals surface area contributed by atoms with Gasteiger partial charge in [0.15, 0.2) is 5.78 Å². The van der Waals surface area contributed by atoms with Crippen molar-refractivity contribution >= 4 is 37.2 Å². The molecule has 2 heterocycles. The number of hydrogen-bond acceptors (Lipinski definition) is 8. The minimum absolute atomic E-state index is 0.0218. The lowest BCUT2D eigenvalue weighted by Crippen LogP contribution is -2.40. The molecule has 192 valence electrons. The summed E-state index contributed by atoms with van der Waals surface area (Å²) in [5.41, 5.74) is 0.114. The van der Waals surface area contributed by atoms with Crippen LogP contribution in [0.1, 0.15) is 26.3 Å². The number of amides is 1. The number of sulfone groups is 1. The van der Waals surface area contributed by atoms with E-state index in [1.165, 1.54) is 59.9 Å². The molecule has 0 bridgehead atoms. The summed E-state index contributed by atoms with van der Waals surface area (Å²) >= 11 is 0. The first-order valence-corrected chi connectivity index (χ1v) is 14.2. The van der Waals surface area contributed by atoms with Crippen LogP contribution in [-0.4, -0.2) is 66.2 Å². The van der Waals surface area contributed by atoms with Gasteiger partial charge in [0.1, 0.15) is 5.75 Å². The van der Waals surface area contributed by atoms with E-state index in [0.29, 0.717) is 0 Å². The van der Waals surface area contributed by atoms with Gasteiger partial charge in [-0.1, -0.05) is 12.1 Å². The Balaban J connectivity index is 1.48. The van der Waals surface area contributed by atoms with Crippen molar-refractivity contribution in [2.24, 2.45) is 0 Å². The summed E-state index contributed by atoms with van der Waals surface area (Å²) in [7, 11) is -6.51. The number of sulfonamides is 1. The molecular weight excluding hydrogens is 520 g/mol. The van der Waals surface area contributed by atoms with Crippen molar-refractivity contribution in [3.63, 3.8) is 0 Å². The Bertz CT molecular complexity index is 1640. The second-order valence-electron chi connectivity index (χ2n) is 8.37. The lowest BCUT2D eigenvalue weighted by atomic mass is 10.0. The van der Waals surface area contributed by atoms with E-state index in [9.17, 15) is 26.4 Å². The molecule has 12 heteroatoms. The van der Waals surface area contributed by atoms with Crippen LogP contribution < -0.4 is 10.1 Å². The number of carbonyl (C=O) groups excluding carboxylic acids is 2. The molecule has 3 aromatic rings. The third-order valence-electron chi connectivity index (χ3n) is 6.23. The van der Waals surface area contributed by atoms with Crippen molar-refractivity contribution in [1.29, 1.82) is 0 Å². The molecule has 0 aliphatic carbocycles. The average Bonchev–Trinajstić information content (AvgIpc) is 2.92. The summed E-state index contributed by atoms with van der Waals surface area (Å²) < 4.78 is 64.4. The van der Waals surface area contributed by atoms with Gasteiger partial charge in [0.05, 0.1) is 40.7 Å². The van der Waals surface area contributed by atoms with E-state index < -0.39 is 31.6 Å². The molecule has 1 fully saturated rings. The van der Waals surface area contributed by atoms with Gasteiger partial charge >= 0.3 is 0 Å². The molecule has 1 amide bonds. The molecule has 5 rings (SSSR count). The molecule has 37 heavy (non-hydrogen) atoms. The fraction of sp³-hybridized carbons (Fsp3) is 0.200. The van der Waals surface area contributed by atoms with E-state index in [2.05, 4.69) is 5.32 Å². The highest BCUT2D eigenvalue weighted by Gasteiger charge is 2.35. The number of fused-ring (bicyclic) bond motifs is 2. The van der Waals surface area contributed by atoms with Crippen LogP contribution in [0.25, 0.3) is 0 Å². The fourth-order valence-electron chi connectivity index (χ4n) is 4.30. The number of methoxy groups -OCH3 is 1. The van der Waals surface area contributed by atoms with Crippen LogP contribution in [0.3, 0.4) is 0 Å². The number of morpholine rings is 1. The zero-order chi connectivity index (χ0) is 26.4. The number of carbonyl (C=O) groups is 2. The first kappa shape index (κ1) is 25.1. The minimum atomic E-state index is -4.04. The maximum absolute atomic E-state index is 13.2. The van der Waals surface area contributed by atoms with Crippen molar-refractivity contribution < 1.29 is 35.9 Å². The minimum Gasteiger partial charge on any atom is -0.495 e. The van der Waals surface area contributed by atoms with Crippen molar-refractivity contribution in [1.82, 2.24) is 4.31 Å². The Labute approximate surface area is 213 Å². The number of nitrogens with zero attached hydrogens (tertiary/aromatic N) is 1. The Morgan fingerprint density at radius 2 is 1.68 bits per heavy atom. The van der Waals surface area contributed by atoms with Crippen LogP contribution in [0.15, 0.2) is 75.4 Å². The fourth-order valence-corrected chi connectivity index (χ4v) is 7.41. The standard InChI is InChI=1S/C25H22N2O8S2/c1-34-21-9-7-17(37(32,33)27-10-12-35-13-11-27)15-20(21)26-25(29)16-6-8-19-23(14-16)36(30,31)22-5-3-2-4-18(22)24(19)28/h2-9,14-15H,10-13H2,1H3,(H,26,29). The quantitative estimate of drug-likeness (QED) is 0.406. The van der Waals surface area contributed by atoms with Crippen molar-refractivity contribution in [2.45, 2.75) is 14.7 Å². The first-order valence-electron chi connectivity index (χ1n) is 11.2. The maximum atomic E-state index is 13.2. The van der Waals surface area contributed by atoms with Gasteiger partial charge < -0.3 is 14.8 Å². The molecule has 0 radical (unpaired) electrons. The van der Waals surface area contributed by atoms with Gasteiger partial charge in [0.25, 0.3) is 5.91 Å². The van der Waals surface area contributed by atoms with E-state index in [4.69, 9.17) is 9.47 Å². The first-order chi connectivity index (χ1) is 17.6. The molecule has 3 aromatic carbocycles. The molecule has 10 nitrogen and oxygen atoms in total. The largest absolute Gasteiger partial charge is 0.495 e. The van der Waals surface area contributed by atoms with Crippen molar-refractivity contribution in [3.8, 4) is 5.75 Å². The summed E-state index contributed by atoms with van der Waals surface area (Å²) in [6, 6.07) is 13.8. The Hall–Kier alpha value is -3.58. The number of ether oxygens (including phenoxy) is 2. The normalized spacial score (nSPS) is 16.9. The molecule has 2 aliphatic rings. The molecule has 0 spiro atoms. The molecule has 0 atom stereocenters. The SMILES string of the molecule is COc1ccc(S(=O)(=O)N2CCOCC2)cc1NC(=O)c1ccc2c(c1)S(=O)(=O)c1ccccc1C2=O. The van der Waals surface area contributed by atoms with E-state index in [0.717, 1.165) is 6.07 Å². The topological polar surface area (TPSA) is 136 Å². The third kappa shape index (κ3) is 4.31. The number of nitrogens with one attached hydrogen (secondary N) is 1. The van der Waals surface area contributed by atoms with Gasteiger partial charge in [-0.3, -0.25) is 9.59 Å². The summed E-state index contributed by atoms with van der Waals surface area (Å²) in [6.07, 6.45) is 0. The molecule has 0 aromatic heterocycles. The molecule has 0 saturated carbocycles. The average molecular weight is 543 g/mol. The number of benzene rings is 3. The van der Waals surface area contributed by atoms with Crippen LogP contribution in [0.4, 0.5) is 5.69 Å². The number of rotatable bonds is 5. The molecular formula is C25H22N2O8S2. The van der Waals surface area contributed by atoms with Crippen molar-refractivity contribution in [2.75, 3.05) is 38.7 Å². The highest BCUT2D eigenvalue weighted by atomic mass is 32.2. The van der Waals surface area contributed by atoms with Gasteiger partial charge in [0.2, 0.25) is 19.9 Å². The smallest absolute Gasteiger partial charge is 0.255 e. The molecule has 1 saturated heterocycles. The van der Waals surface area contributed by atoms with Gasteiger partial charge in [-0.15, -0.1) is 0 Å². The van der Waals surface area contributed by atoms with Gasteiger partial charge in [0, 0.05) is 29.8 Å². The summed E-state index contributed by atoms with van der Waals surface area (Å²) in [5.74, 6) is -0.942. The van der Waals surface area contributed by atoms with E-state index >= 15 is 0 Å². The zero-order valence-corrected chi connectivity index (χ0v) is 21.3. The third-order valence-corrected chi connectivity index (χ3v) is 9.97. The van der Waals surface area contributed by atoms with E-state index in [1.54, 1.807) is 6.07 Å². The Kier molecular flexibility index (Phi) is 6.36. The lowest BCUT2D eigenvalue weighted by Gasteiger charge is -2.26. The summed E-state index contributed by atoms with van der Waals surface area (Å²) in [5, 5.41) is 2.61. The second kappa shape index (κ2) is 9.38. The number of hydrogen-bond donors (Lipinski definition) is 1. The summed E-state index contributed by atoms with van der Waals surface area (Å²) in [6.45, 7) is 0.989. The van der Waals surface area contributed by atoms with Gasteiger partial charge in [-0.2, -0.15) is 4.31 Å². The summed E-state index contributed by atoms with van der Waals surface area (Å²) in [4.78, 5) is 25.6. The Morgan fingerprint density at radius 3 is 2.41 bits per heavy atom. The van der Waals surface area contributed by atoms with Gasteiger partial charge in [-0.25, -0.2) is 16.8 Å². The van der Waals surface area contributed by atoms with Crippen LogP contribution in [-0.2, 0) is 24.6 Å². The predicted octanol–water partition coefficient (Wildman–Crippen LogP) is 2.35. The van der Waals surface area contributed by atoms with Crippen LogP contribution in [0, 0.1) is 0 Å². The lowest BCUT2D eigenvalue weighted by molar-refractivity contribution is 0.0730. The molecule has 0 unspecified atom stereocenters. The van der Waals surface area contributed by atoms with Gasteiger partial charge in [-0.05, 0) is 48.5 Å². The predicted molar refractivity (Wildman–Crippen MR) is 132 cm³/mol. The van der Waals surface area contributed by atoms with E-state index in [-0.39, 0.29) is 69.1 Å². The number of ketones is 1. The molecule has 2 aliphatic heterocycles. The highest BCUT2D eigenvalue weighted by molar-refractivity contribution is 7.91. The maximum Gasteiger partial charge on any atom is 0.255 e.